The molecule has 0 fully saturated rings. The number of rotatable bonds is 5. The van der Waals surface area contributed by atoms with E-state index in [1.807, 2.05) is 25.1 Å². The van der Waals surface area contributed by atoms with Gasteiger partial charge in [-0.3, -0.25) is 14.2 Å². The SMILES string of the molecule is Cc1ccc(OCC(=O)c2c(C)c(C#N)c(=O)n(C(C)C)c2O)cc1. The van der Waals surface area contributed by atoms with E-state index in [0.717, 1.165) is 10.1 Å². The fourth-order valence-electron chi connectivity index (χ4n) is 2.59. The zero-order chi connectivity index (χ0) is 18.7. The van der Waals surface area contributed by atoms with Gasteiger partial charge in [0.1, 0.15) is 17.4 Å². The van der Waals surface area contributed by atoms with Crippen molar-refractivity contribution in [1.29, 1.82) is 5.26 Å². The van der Waals surface area contributed by atoms with Gasteiger partial charge in [0.05, 0.1) is 5.56 Å². The normalized spacial score (nSPS) is 10.6. The molecule has 1 N–H and O–H groups in total. The summed E-state index contributed by atoms with van der Waals surface area (Å²) in [7, 11) is 0. The highest BCUT2D eigenvalue weighted by Crippen LogP contribution is 2.25. The maximum absolute atomic E-state index is 12.6. The Morgan fingerprint density at radius 2 is 1.88 bits per heavy atom. The van der Waals surface area contributed by atoms with Gasteiger partial charge in [0.25, 0.3) is 5.56 Å². The van der Waals surface area contributed by atoms with Crippen molar-refractivity contribution in [2.45, 2.75) is 33.7 Å². The number of pyridine rings is 1. The summed E-state index contributed by atoms with van der Waals surface area (Å²) in [6.07, 6.45) is 0. The smallest absolute Gasteiger partial charge is 0.271 e. The van der Waals surface area contributed by atoms with Gasteiger partial charge in [-0.05, 0) is 45.4 Å². The molecule has 0 saturated carbocycles. The molecule has 6 heteroatoms. The third kappa shape index (κ3) is 3.56. The van der Waals surface area contributed by atoms with E-state index in [4.69, 9.17) is 4.74 Å². The van der Waals surface area contributed by atoms with Crippen molar-refractivity contribution < 1.29 is 14.6 Å². The summed E-state index contributed by atoms with van der Waals surface area (Å²) in [5.74, 6) is -0.413. The molecule has 2 rings (SSSR count). The quantitative estimate of drug-likeness (QED) is 0.845. The fraction of sp³-hybridized carbons (Fsp3) is 0.316. The molecule has 0 aliphatic heterocycles. The van der Waals surface area contributed by atoms with E-state index in [1.165, 1.54) is 6.92 Å². The zero-order valence-corrected chi connectivity index (χ0v) is 14.7. The Morgan fingerprint density at radius 3 is 2.40 bits per heavy atom. The number of hydrogen-bond acceptors (Lipinski definition) is 5. The molecule has 130 valence electrons. The number of carbonyl (C=O) groups excluding carboxylic acids is 1. The van der Waals surface area contributed by atoms with E-state index in [-0.39, 0.29) is 23.3 Å². The lowest BCUT2D eigenvalue weighted by Gasteiger charge is -2.18. The molecule has 1 heterocycles. The largest absolute Gasteiger partial charge is 0.494 e. The van der Waals surface area contributed by atoms with E-state index in [2.05, 4.69) is 0 Å². The number of carbonyl (C=O) groups is 1. The molecule has 2 aromatic rings. The lowest BCUT2D eigenvalue weighted by Crippen LogP contribution is -2.28. The van der Waals surface area contributed by atoms with Crippen LogP contribution < -0.4 is 10.3 Å². The number of ether oxygens (including phenoxy) is 1. The molecule has 0 spiro atoms. The predicted octanol–water partition coefficient (Wildman–Crippen LogP) is 2.89. The maximum atomic E-state index is 12.6. The van der Waals surface area contributed by atoms with E-state index in [0.29, 0.717) is 5.75 Å². The Hall–Kier alpha value is -3.07. The minimum atomic E-state index is -0.608. The Kier molecular flexibility index (Phi) is 5.28. The lowest BCUT2D eigenvalue weighted by atomic mass is 10.0. The number of nitriles is 1. The van der Waals surface area contributed by atoms with Gasteiger partial charge in [-0.2, -0.15) is 5.26 Å². The molecular formula is C19H20N2O4. The van der Waals surface area contributed by atoms with Crippen molar-refractivity contribution in [2.75, 3.05) is 6.61 Å². The second-order valence-electron chi connectivity index (χ2n) is 6.10. The van der Waals surface area contributed by atoms with Crippen molar-refractivity contribution in [3.8, 4) is 17.7 Å². The molecular weight excluding hydrogens is 320 g/mol. The molecule has 0 radical (unpaired) electrons. The molecule has 25 heavy (non-hydrogen) atoms. The van der Waals surface area contributed by atoms with E-state index in [1.54, 1.807) is 26.0 Å². The van der Waals surface area contributed by atoms with Gasteiger partial charge in [0.2, 0.25) is 11.7 Å². The van der Waals surface area contributed by atoms with Crippen molar-refractivity contribution in [3.05, 3.63) is 56.9 Å². The lowest BCUT2D eigenvalue weighted by molar-refractivity contribution is 0.0916. The van der Waals surface area contributed by atoms with Crippen molar-refractivity contribution in [2.24, 2.45) is 0 Å². The number of nitrogens with zero attached hydrogens (tertiary/aromatic N) is 2. The average Bonchev–Trinajstić information content (AvgIpc) is 2.54. The van der Waals surface area contributed by atoms with Gasteiger partial charge in [-0.25, -0.2) is 0 Å². The van der Waals surface area contributed by atoms with Crippen LogP contribution in [0, 0.1) is 25.2 Å². The summed E-state index contributed by atoms with van der Waals surface area (Å²) < 4.78 is 6.51. The van der Waals surface area contributed by atoms with E-state index < -0.39 is 23.3 Å². The average molecular weight is 340 g/mol. The molecule has 0 saturated heterocycles. The minimum absolute atomic E-state index is 0.0584. The highest BCUT2D eigenvalue weighted by molar-refractivity contribution is 6.01. The molecule has 0 bridgehead atoms. The van der Waals surface area contributed by atoms with Crippen LogP contribution in [0.25, 0.3) is 0 Å². The van der Waals surface area contributed by atoms with Crippen LogP contribution >= 0.6 is 0 Å². The summed E-state index contributed by atoms with van der Waals surface area (Å²) in [5.41, 5.74) is 0.417. The van der Waals surface area contributed by atoms with Crippen LogP contribution in [-0.2, 0) is 0 Å². The van der Waals surface area contributed by atoms with Gasteiger partial charge in [-0.1, -0.05) is 17.7 Å². The van der Waals surface area contributed by atoms with Crippen LogP contribution in [0.3, 0.4) is 0 Å². The molecule has 0 atom stereocenters. The summed E-state index contributed by atoms with van der Waals surface area (Å²) >= 11 is 0. The second kappa shape index (κ2) is 7.22. The van der Waals surface area contributed by atoms with Crippen LogP contribution in [0.4, 0.5) is 0 Å². The zero-order valence-electron chi connectivity index (χ0n) is 14.7. The van der Waals surface area contributed by atoms with E-state index >= 15 is 0 Å². The van der Waals surface area contributed by atoms with Crippen LogP contribution in [0.5, 0.6) is 11.6 Å². The van der Waals surface area contributed by atoms with E-state index in [9.17, 15) is 20.0 Å². The fourth-order valence-corrected chi connectivity index (χ4v) is 2.59. The first kappa shape index (κ1) is 18.3. The molecule has 1 aromatic carbocycles. The van der Waals surface area contributed by atoms with Gasteiger partial charge in [-0.15, -0.1) is 0 Å². The summed E-state index contributed by atoms with van der Waals surface area (Å²) in [5, 5.41) is 19.7. The molecule has 0 aliphatic rings. The minimum Gasteiger partial charge on any atom is -0.494 e. The standard InChI is InChI=1S/C19H20N2O4/c1-11(2)21-18(23)15(9-20)13(4)17(19(21)24)16(22)10-25-14-7-5-12(3)6-8-14/h5-8,11,24H,10H2,1-4H3. The Balaban J connectivity index is 2.42. The van der Waals surface area contributed by atoms with Crippen LogP contribution in [-0.4, -0.2) is 22.1 Å². The number of ketones is 1. The van der Waals surface area contributed by atoms with Crippen molar-refractivity contribution in [3.63, 3.8) is 0 Å². The van der Waals surface area contributed by atoms with Crippen molar-refractivity contribution in [1.82, 2.24) is 4.57 Å². The second-order valence-corrected chi connectivity index (χ2v) is 6.10. The van der Waals surface area contributed by atoms with Gasteiger partial charge >= 0.3 is 0 Å². The number of benzene rings is 1. The van der Waals surface area contributed by atoms with Crippen LogP contribution in [0.1, 0.15) is 46.9 Å². The first-order chi connectivity index (χ1) is 11.8. The first-order valence-corrected chi connectivity index (χ1v) is 7.88. The number of hydrogen-bond donors (Lipinski definition) is 1. The third-order valence-electron chi connectivity index (χ3n) is 3.93. The molecule has 0 amide bonds. The predicted molar refractivity (Wildman–Crippen MR) is 93.2 cm³/mol. The topological polar surface area (TPSA) is 92.3 Å². The summed E-state index contributed by atoms with van der Waals surface area (Å²) in [4.78, 5) is 24.9. The summed E-state index contributed by atoms with van der Waals surface area (Å²) in [6.45, 7) is 6.49. The molecule has 6 nitrogen and oxygen atoms in total. The van der Waals surface area contributed by atoms with Gasteiger partial charge in [0.15, 0.2) is 6.61 Å². The van der Waals surface area contributed by atoms with Gasteiger partial charge < -0.3 is 9.84 Å². The van der Waals surface area contributed by atoms with Crippen molar-refractivity contribution >= 4 is 5.78 Å². The van der Waals surface area contributed by atoms with Crippen LogP contribution in [0.15, 0.2) is 29.1 Å². The van der Waals surface area contributed by atoms with Gasteiger partial charge in [0, 0.05) is 6.04 Å². The third-order valence-corrected chi connectivity index (χ3v) is 3.93. The maximum Gasteiger partial charge on any atom is 0.271 e. The van der Waals surface area contributed by atoms with Crippen LogP contribution in [0.2, 0.25) is 0 Å². The Labute approximate surface area is 145 Å². The number of aromatic hydroxyl groups is 1. The highest BCUT2D eigenvalue weighted by atomic mass is 16.5. The molecule has 1 aromatic heterocycles. The number of Topliss-reactive ketones (excluding diaryl/α,β-unsaturated/α-hetero) is 1. The molecule has 0 aliphatic carbocycles. The first-order valence-electron chi connectivity index (χ1n) is 7.88. The number of aryl methyl sites for hydroxylation is 1. The monoisotopic (exact) mass is 340 g/mol. The number of aromatic nitrogens is 1. The highest BCUT2D eigenvalue weighted by Gasteiger charge is 2.25. The summed E-state index contributed by atoms with van der Waals surface area (Å²) in [6, 6.07) is 8.62. The molecule has 0 unspecified atom stereocenters. The Morgan fingerprint density at radius 1 is 1.28 bits per heavy atom. The Bertz CT molecular complexity index is 903.